The normalized spacial score (nSPS) is 12.6. The van der Waals surface area contributed by atoms with E-state index in [-0.39, 0.29) is 12.0 Å². The van der Waals surface area contributed by atoms with Crippen LogP contribution in [0.4, 0.5) is 14.7 Å². The number of pyridine rings is 1. The van der Waals surface area contributed by atoms with Gasteiger partial charge in [-0.2, -0.15) is 0 Å². The molecule has 2 heterocycles. The highest BCUT2D eigenvalue weighted by atomic mass is 19.1. The molecular weight excluding hydrogens is 326 g/mol. The maximum atomic E-state index is 13.0. The molecule has 0 radical (unpaired) electrons. The van der Waals surface area contributed by atoms with Crippen LogP contribution in [0.1, 0.15) is 45.4 Å². The number of halogens is 2. The molecule has 2 aromatic rings. The molecule has 0 unspecified atom stereocenters. The Labute approximate surface area is 146 Å². The second kappa shape index (κ2) is 6.69. The molecule has 5 nitrogen and oxygen atoms in total. The third-order valence-electron chi connectivity index (χ3n) is 4.23. The zero-order chi connectivity index (χ0) is 19.0. The predicted molar refractivity (Wildman–Crippen MR) is 95.3 cm³/mol. The number of carbonyl (C=O) groups excluding carboxylic acids is 1. The van der Waals surface area contributed by atoms with Crippen LogP contribution in [0.15, 0.2) is 6.07 Å². The van der Waals surface area contributed by atoms with Crippen molar-refractivity contribution in [3.63, 3.8) is 0 Å². The molecule has 0 fully saturated rings. The number of carbonyl (C=O) groups is 1. The number of aromatic nitrogens is 3. The summed E-state index contributed by atoms with van der Waals surface area (Å²) in [6, 6.07) is 1.92. The van der Waals surface area contributed by atoms with Gasteiger partial charge in [0.05, 0.1) is 13.3 Å². The Morgan fingerprint density at radius 1 is 1.16 bits per heavy atom. The van der Waals surface area contributed by atoms with E-state index in [9.17, 15) is 13.6 Å². The Morgan fingerprint density at radius 3 is 2.28 bits per heavy atom. The number of nitrogens with one attached hydrogen (secondary N) is 1. The lowest BCUT2D eigenvalue weighted by molar-refractivity contribution is -0.118. The number of alkyl halides is 2. The maximum Gasteiger partial charge on any atom is 0.227 e. The summed E-state index contributed by atoms with van der Waals surface area (Å²) in [6.07, 6.45) is -0.251. The molecule has 0 saturated carbocycles. The molecule has 1 amide bonds. The van der Waals surface area contributed by atoms with Gasteiger partial charge >= 0.3 is 0 Å². The summed E-state index contributed by atoms with van der Waals surface area (Å²) >= 11 is 0. The molecule has 0 aromatic carbocycles. The van der Waals surface area contributed by atoms with Crippen LogP contribution in [-0.4, -0.2) is 33.8 Å². The molecule has 0 atom stereocenters. The largest absolute Gasteiger partial charge is 0.296 e. The lowest BCUT2D eigenvalue weighted by Crippen LogP contribution is -2.31. The standard InChI is InChI=1S/C18H26F2N4O/c1-11-7-13-15(21-12(11)2)24(17(3,4)5)16(22-13)23-14(25)8-18(6,9-19)10-20/h7H,8-10H2,1-6H3,(H,22,23,25). The molecule has 0 spiro atoms. The van der Waals surface area contributed by atoms with Gasteiger partial charge in [-0.1, -0.05) is 6.92 Å². The van der Waals surface area contributed by atoms with Gasteiger partial charge < -0.3 is 0 Å². The van der Waals surface area contributed by atoms with E-state index < -0.39 is 24.7 Å². The Hall–Kier alpha value is -2.05. The fourth-order valence-corrected chi connectivity index (χ4v) is 2.60. The first-order valence-electron chi connectivity index (χ1n) is 8.30. The van der Waals surface area contributed by atoms with Crippen LogP contribution in [-0.2, 0) is 10.3 Å². The van der Waals surface area contributed by atoms with Crippen molar-refractivity contribution in [2.45, 2.75) is 53.5 Å². The summed E-state index contributed by atoms with van der Waals surface area (Å²) in [5.74, 6) is -0.128. The minimum absolute atomic E-state index is 0.251. The number of hydrogen-bond donors (Lipinski definition) is 1. The van der Waals surface area contributed by atoms with Crippen LogP contribution in [0.2, 0.25) is 0 Å². The average molecular weight is 352 g/mol. The van der Waals surface area contributed by atoms with Gasteiger partial charge in [0, 0.05) is 23.1 Å². The lowest BCUT2D eigenvalue weighted by Gasteiger charge is -2.25. The lowest BCUT2D eigenvalue weighted by atomic mass is 9.90. The highest BCUT2D eigenvalue weighted by Crippen LogP contribution is 2.29. The Bertz CT molecular complexity index is 788. The summed E-state index contributed by atoms with van der Waals surface area (Å²) in [6.45, 7) is 9.42. The molecule has 0 saturated heterocycles. The van der Waals surface area contributed by atoms with E-state index in [2.05, 4.69) is 15.3 Å². The van der Waals surface area contributed by atoms with Crippen LogP contribution < -0.4 is 5.32 Å². The Kier molecular flexibility index (Phi) is 5.16. The van der Waals surface area contributed by atoms with E-state index in [1.54, 1.807) is 0 Å². The van der Waals surface area contributed by atoms with Crippen molar-refractivity contribution in [3.05, 3.63) is 17.3 Å². The number of anilines is 1. The molecule has 0 bridgehead atoms. The quantitative estimate of drug-likeness (QED) is 0.882. The van der Waals surface area contributed by atoms with Crippen LogP contribution >= 0.6 is 0 Å². The van der Waals surface area contributed by atoms with Gasteiger partial charge in [-0.05, 0) is 46.2 Å². The second-order valence-corrected chi connectivity index (χ2v) is 7.98. The van der Waals surface area contributed by atoms with Crippen LogP contribution in [0.5, 0.6) is 0 Å². The molecule has 0 aliphatic heterocycles. The number of rotatable bonds is 5. The van der Waals surface area contributed by atoms with Crippen molar-refractivity contribution in [2.24, 2.45) is 5.41 Å². The first-order chi connectivity index (χ1) is 11.5. The SMILES string of the molecule is Cc1cc2nc(NC(=O)CC(C)(CF)CF)n(C(C)(C)C)c2nc1C. The van der Waals surface area contributed by atoms with Gasteiger partial charge in [0.15, 0.2) is 5.65 Å². The molecule has 2 rings (SSSR count). The number of fused-ring (bicyclic) bond motifs is 1. The van der Waals surface area contributed by atoms with Crippen molar-refractivity contribution in [2.75, 3.05) is 18.7 Å². The van der Waals surface area contributed by atoms with Crippen LogP contribution in [0.3, 0.4) is 0 Å². The monoisotopic (exact) mass is 352 g/mol. The number of nitrogens with zero attached hydrogens (tertiary/aromatic N) is 3. The number of aryl methyl sites for hydroxylation is 2. The van der Waals surface area contributed by atoms with E-state index in [0.717, 1.165) is 11.3 Å². The van der Waals surface area contributed by atoms with Gasteiger partial charge in [0.2, 0.25) is 11.9 Å². The van der Waals surface area contributed by atoms with E-state index >= 15 is 0 Å². The summed E-state index contributed by atoms with van der Waals surface area (Å²) in [4.78, 5) is 21.4. The van der Waals surface area contributed by atoms with Crippen LogP contribution in [0, 0.1) is 19.3 Å². The minimum Gasteiger partial charge on any atom is -0.296 e. The first kappa shape index (κ1) is 19.3. The Balaban J connectivity index is 2.45. The summed E-state index contributed by atoms with van der Waals surface area (Å²) < 4.78 is 27.9. The topological polar surface area (TPSA) is 59.8 Å². The summed E-state index contributed by atoms with van der Waals surface area (Å²) in [5, 5.41) is 2.71. The molecule has 0 aliphatic rings. The zero-order valence-electron chi connectivity index (χ0n) is 15.7. The number of imidazole rings is 1. The Morgan fingerprint density at radius 2 is 1.76 bits per heavy atom. The highest BCUT2D eigenvalue weighted by Gasteiger charge is 2.30. The third kappa shape index (κ3) is 3.96. The van der Waals surface area contributed by atoms with Gasteiger partial charge in [-0.3, -0.25) is 23.5 Å². The third-order valence-corrected chi connectivity index (χ3v) is 4.23. The minimum atomic E-state index is -1.31. The molecular formula is C18H26F2N4O. The summed E-state index contributed by atoms with van der Waals surface area (Å²) in [5.41, 5.74) is 1.55. The van der Waals surface area contributed by atoms with Gasteiger partial charge in [0.25, 0.3) is 0 Å². The van der Waals surface area contributed by atoms with E-state index in [4.69, 9.17) is 0 Å². The average Bonchev–Trinajstić information content (AvgIpc) is 2.84. The second-order valence-electron chi connectivity index (χ2n) is 7.98. The van der Waals surface area contributed by atoms with Crippen molar-refractivity contribution >= 4 is 23.0 Å². The molecule has 0 aliphatic carbocycles. The number of amides is 1. The van der Waals surface area contributed by atoms with Crippen molar-refractivity contribution in [1.29, 1.82) is 0 Å². The van der Waals surface area contributed by atoms with E-state index in [1.807, 2.05) is 45.3 Å². The molecule has 7 heteroatoms. The van der Waals surface area contributed by atoms with Crippen molar-refractivity contribution in [1.82, 2.24) is 14.5 Å². The summed E-state index contributed by atoms with van der Waals surface area (Å²) in [7, 11) is 0. The molecule has 25 heavy (non-hydrogen) atoms. The fourth-order valence-electron chi connectivity index (χ4n) is 2.60. The highest BCUT2D eigenvalue weighted by molar-refractivity contribution is 5.91. The van der Waals surface area contributed by atoms with Gasteiger partial charge in [0.1, 0.15) is 5.52 Å². The van der Waals surface area contributed by atoms with Crippen LogP contribution in [0.25, 0.3) is 11.2 Å². The van der Waals surface area contributed by atoms with Gasteiger partial charge in [-0.25, -0.2) is 9.97 Å². The van der Waals surface area contributed by atoms with Crippen molar-refractivity contribution < 1.29 is 13.6 Å². The number of hydrogen-bond acceptors (Lipinski definition) is 3. The molecule has 138 valence electrons. The van der Waals surface area contributed by atoms with E-state index in [0.29, 0.717) is 17.1 Å². The first-order valence-corrected chi connectivity index (χ1v) is 8.30. The molecule has 1 N–H and O–H groups in total. The predicted octanol–water partition coefficient (Wildman–Crippen LogP) is 4.08. The zero-order valence-corrected chi connectivity index (χ0v) is 15.7. The fraction of sp³-hybridized carbons (Fsp3) is 0.611. The van der Waals surface area contributed by atoms with E-state index in [1.165, 1.54) is 6.92 Å². The van der Waals surface area contributed by atoms with Crippen molar-refractivity contribution in [3.8, 4) is 0 Å². The smallest absolute Gasteiger partial charge is 0.227 e. The molecule has 2 aromatic heterocycles. The maximum absolute atomic E-state index is 13.0. The van der Waals surface area contributed by atoms with Gasteiger partial charge in [-0.15, -0.1) is 0 Å².